The highest BCUT2D eigenvalue weighted by Gasteiger charge is 2.29. The van der Waals surface area contributed by atoms with Crippen LogP contribution in [0.4, 0.5) is 0 Å². The van der Waals surface area contributed by atoms with E-state index in [4.69, 9.17) is 9.47 Å². The molecule has 0 fully saturated rings. The van der Waals surface area contributed by atoms with E-state index in [0.29, 0.717) is 6.61 Å². The van der Waals surface area contributed by atoms with Crippen molar-refractivity contribution >= 4 is 5.97 Å². The molecule has 1 aromatic rings. The van der Waals surface area contributed by atoms with Crippen LogP contribution in [-0.4, -0.2) is 19.7 Å². The van der Waals surface area contributed by atoms with Crippen molar-refractivity contribution in [3.63, 3.8) is 0 Å². The van der Waals surface area contributed by atoms with E-state index in [1.807, 2.05) is 39.8 Å². The Kier molecular flexibility index (Phi) is 4.16. The molecular weight excluding hydrogens is 216 g/mol. The highest BCUT2D eigenvalue weighted by Crippen LogP contribution is 2.22. The summed E-state index contributed by atoms with van der Waals surface area (Å²) in [5, 5.41) is 0. The van der Waals surface area contributed by atoms with Crippen LogP contribution in [0.15, 0.2) is 18.2 Å². The molecule has 0 atom stereocenters. The molecule has 0 aliphatic heterocycles. The van der Waals surface area contributed by atoms with Gasteiger partial charge in [0.15, 0.2) is 0 Å². The molecule has 0 radical (unpaired) electrons. The summed E-state index contributed by atoms with van der Waals surface area (Å²) in [6.45, 7) is 7.96. The van der Waals surface area contributed by atoms with Gasteiger partial charge < -0.3 is 9.47 Å². The van der Waals surface area contributed by atoms with Crippen LogP contribution in [0.5, 0.6) is 5.75 Å². The summed E-state index contributed by atoms with van der Waals surface area (Å²) >= 11 is 0. The van der Waals surface area contributed by atoms with Crippen LogP contribution in [0, 0.1) is 19.3 Å². The van der Waals surface area contributed by atoms with Gasteiger partial charge >= 0.3 is 5.97 Å². The number of hydrogen-bond acceptors (Lipinski definition) is 3. The van der Waals surface area contributed by atoms with Gasteiger partial charge in [-0.25, -0.2) is 0 Å². The number of rotatable bonds is 4. The van der Waals surface area contributed by atoms with Gasteiger partial charge in [-0.3, -0.25) is 4.79 Å². The van der Waals surface area contributed by atoms with Crippen molar-refractivity contribution in [2.24, 2.45) is 5.41 Å². The van der Waals surface area contributed by atoms with Gasteiger partial charge in [0.25, 0.3) is 0 Å². The number of carbonyl (C=O) groups is 1. The van der Waals surface area contributed by atoms with E-state index in [1.165, 1.54) is 7.11 Å². The van der Waals surface area contributed by atoms with Crippen LogP contribution in [0.25, 0.3) is 0 Å². The average molecular weight is 236 g/mol. The number of benzene rings is 1. The second-order valence-electron chi connectivity index (χ2n) is 4.99. The van der Waals surface area contributed by atoms with Gasteiger partial charge in [0.05, 0.1) is 12.5 Å². The van der Waals surface area contributed by atoms with Crippen LogP contribution in [0.1, 0.15) is 25.0 Å². The van der Waals surface area contributed by atoms with Gasteiger partial charge in [-0.05, 0) is 51.0 Å². The standard InChI is InChI=1S/C14H20O3/c1-10-6-11(2)8-12(7-10)17-9-14(3,4)13(15)16-5/h6-8H,9H2,1-5H3. The lowest BCUT2D eigenvalue weighted by atomic mass is 9.95. The van der Waals surface area contributed by atoms with E-state index in [1.54, 1.807) is 0 Å². The minimum atomic E-state index is -0.633. The Morgan fingerprint density at radius 2 is 1.71 bits per heavy atom. The number of methoxy groups -OCH3 is 1. The van der Waals surface area contributed by atoms with E-state index < -0.39 is 5.41 Å². The SMILES string of the molecule is COC(=O)C(C)(C)COc1cc(C)cc(C)c1. The van der Waals surface area contributed by atoms with Crippen LogP contribution in [-0.2, 0) is 9.53 Å². The van der Waals surface area contributed by atoms with Gasteiger partial charge in [0, 0.05) is 0 Å². The summed E-state index contributed by atoms with van der Waals surface area (Å²) in [6.07, 6.45) is 0. The van der Waals surface area contributed by atoms with Crippen molar-refractivity contribution in [3.8, 4) is 5.75 Å². The summed E-state index contributed by atoms with van der Waals surface area (Å²) in [5.41, 5.74) is 1.67. The summed E-state index contributed by atoms with van der Waals surface area (Å²) in [6, 6.07) is 6.00. The zero-order valence-electron chi connectivity index (χ0n) is 11.2. The maximum Gasteiger partial charge on any atom is 0.314 e. The molecule has 1 rings (SSSR count). The van der Waals surface area contributed by atoms with Crippen LogP contribution < -0.4 is 4.74 Å². The second-order valence-corrected chi connectivity index (χ2v) is 4.99. The summed E-state index contributed by atoms with van der Waals surface area (Å²) in [5.74, 6) is 0.529. The van der Waals surface area contributed by atoms with Crippen molar-refractivity contribution in [1.29, 1.82) is 0 Å². The fraction of sp³-hybridized carbons (Fsp3) is 0.500. The van der Waals surface area contributed by atoms with E-state index in [-0.39, 0.29) is 5.97 Å². The Morgan fingerprint density at radius 3 is 2.18 bits per heavy atom. The highest BCUT2D eigenvalue weighted by atomic mass is 16.5. The van der Waals surface area contributed by atoms with Crippen molar-refractivity contribution in [3.05, 3.63) is 29.3 Å². The van der Waals surface area contributed by atoms with Crippen LogP contribution >= 0.6 is 0 Å². The quantitative estimate of drug-likeness (QED) is 0.754. The molecule has 0 unspecified atom stereocenters. The molecule has 3 heteroatoms. The minimum absolute atomic E-state index is 0.262. The molecule has 0 saturated heterocycles. The molecule has 94 valence electrons. The molecular formula is C14H20O3. The molecule has 0 saturated carbocycles. The van der Waals surface area contributed by atoms with Crippen molar-refractivity contribution in [2.75, 3.05) is 13.7 Å². The Labute approximate surface area is 103 Å². The Hall–Kier alpha value is -1.51. The topological polar surface area (TPSA) is 35.5 Å². The molecule has 0 spiro atoms. The van der Waals surface area contributed by atoms with Gasteiger partial charge in [-0.1, -0.05) is 6.07 Å². The normalized spacial score (nSPS) is 11.1. The van der Waals surface area contributed by atoms with Gasteiger partial charge in [-0.2, -0.15) is 0 Å². The maximum atomic E-state index is 11.5. The van der Waals surface area contributed by atoms with Gasteiger partial charge in [0.1, 0.15) is 12.4 Å². The first-order valence-corrected chi connectivity index (χ1v) is 5.64. The molecule has 0 bridgehead atoms. The first-order valence-electron chi connectivity index (χ1n) is 5.64. The number of aryl methyl sites for hydroxylation is 2. The first-order chi connectivity index (χ1) is 7.85. The van der Waals surface area contributed by atoms with E-state index in [9.17, 15) is 4.79 Å². The molecule has 0 aliphatic rings. The van der Waals surface area contributed by atoms with Gasteiger partial charge in [-0.15, -0.1) is 0 Å². The van der Waals surface area contributed by atoms with Crippen LogP contribution in [0.2, 0.25) is 0 Å². The lowest BCUT2D eigenvalue weighted by Gasteiger charge is -2.21. The first kappa shape index (κ1) is 13.6. The Bertz CT molecular complexity index is 388. The predicted molar refractivity (Wildman–Crippen MR) is 67.2 cm³/mol. The fourth-order valence-corrected chi connectivity index (χ4v) is 1.62. The molecule has 0 aromatic heterocycles. The van der Waals surface area contributed by atoms with E-state index in [0.717, 1.165) is 16.9 Å². The smallest absolute Gasteiger partial charge is 0.314 e. The van der Waals surface area contributed by atoms with Gasteiger partial charge in [0.2, 0.25) is 0 Å². The molecule has 0 heterocycles. The summed E-state index contributed by atoms with van der Waals surface area (Å²) in [4.78, 5) is 11.5. The third-order valence-electron chi connectivity index (χ3n) is 2.53. The van der Waals surface area contributed by atoms with Crippen molar-refractivity contribution in [1.82, 2.24) is 0 Å². The monoisotopic (exact) mass is 236 g/mol. The maximum absolute atomic E-state index is 11.5. The van der Waals surface area contributed by atoms with Crippen molar-refractivity contribution < 1.29 is 14.3 Å². The Balaban J connectivity index is 2.70. The van der Waals surface area contributed by atoms with Crippen LogP contribution in [0.3, 0.4) is 0 Å². The molecule has 17 heavy (non-hydrogen) atoms. The zero-order valence-corrected chi connectivity index (χ0v) is 11.2. The largest absolute Gasteiger partial charge is 0.492 e. The summed E-state index contributed by atoms with van der Waals surface area (Å²) in [7, 11) is 1.39. The van der Waals surface area contributed by atoms with Crippen molar-refractivity contribution in [2.45, 2.75) is 27.7 Å². The lowest BCUT2D eigenvalue weighted by Crippen LogP contribution is -2.32. The highest BCUT2D eigenvalue weighted by molar-refractivity contribution is 5.75. The number of esters is 1. The third kappa shape index (κ3) is 3.77. The summed E-state index contributed by atoms with van der Waals surface area (Å²) < 4.78 is 10.4. The van der Waals surface area contributed by atoms with E-state index in [2.05, 4.69) is 6.07 Å². The zero-order chi connectivity index (χ0) is 13.1. The molecule has 3 nitrogen and oxygen atoms in total. The lowest BCUT2D eigenvalue weighted by molar-refractivity contribution is -0.152. The van der Waals surface area contributed by atoms with E-state index >= 15 is 0 Å². The Morgan fingerprint density at radius 1 is 1.18 bits per heavy atom. The number of hydrogen-bond donors (Lipinski definition) is 0. The molecule has 1 aromatic carbocycles. The molecule has 0 amide bonds. The average Bonchev–Trinajstić information content (AvgIpc) is 2.24. The predicted octanol–water partition coefficient (Wildman–Crippen LogP) is 2.88. The molecule has 0 N–H and O–H groups in total. The molecule has 0 aliphatic carbocycles. The number of carbonyl (C=O) groups excluding carboxylic acids is 1. The third-order valence-corrected chi connectivity index (χ3v) is 2.53. The second kappa shape index (κ2) is 5.21. The fourth-order valence-electron chi connectivity index (χ4n) is 1.62. The minimum Gasteiger partial charge on any atom is -0.492 e. The number of ether oxygens (including phenoxy) is 2.